The van der Waals surface area contributed by atoms with Gasteiger partial charge in [-0.15, -0.1) is 0 Å². The minimum atomic E-state index is 0.643. The molecule has 0 aromatic heterocycles. The highest BCUT2D eigenvalue weighted by Gasteiger charge is 2.00. The summed E-state index contributed by atoms with van der Waals surface area (Å²) in [4.78, 5) is 0. The summed E-state index contributed by atoms with van der Waals surface area (Å²) in [6.45, 7) is 14.2. The van der Waals surface area contributed by atoms with E-state index in [-0.39, 0.29) is 0 Å². The van der Waals surface area contributed by atoms with E-state index in [0.29, 0.717) is 5.92 Å². The zero-order valence-electron chi connectivity index (χ0n) is 9.80. The van der Waals surface area contributed by atoms with Crippen molar-refractivity contribution < 1.29 is 0 Å². The van der Waals surface area contributed by atoms with Crippen molar-refractivity contribution in [3.8, 4) is 0 Å². The summed E-state index contributed by atoms with van der Waals surface area (Å²) >= 11 is 0. The first-order chi connectivity index (χ1) is 6.26. The first kappa shape index (κ1) is 14.7. The van der Waals surface area contributed by atoms with E-state index in [1.54, 1.807) is 0 Å². The molecule has 0 aliphatic rings. The lowest BCUT2D eigenvalue weighted by atomic mass is 9.98. The smallest absolute Gasteiger partial charge is 0.0193 e. The van der Waals surface area contributed by atoms with Crippen molar-refractivity contribution in [2.24, 2.45) is 5.92 Å². The van der Waals surface area contributed by atoms with Gasteiger partial charge in [0.25, 0.3) is 0 Å². The number of allylic oxidation sites excluding steroid dienone is 5. The minimum absolute atomic E-state index is 0.643. The van der Waals surface area contributed by atoms with Crippen molar-refractivity contribution in [2.75, 3.05) is 0 Å². The summed E-state index contributed by atoms with van der Waals surface area (Å²) in [5, 5.41) is 0. The number of hydrogen-bond donors (Lipinski definition) is 0. The molecule has 0 rings (SSSR count). The van der Waals surface area contributed by atoms with Crippen LogP contribution in [0.3, 0.4) is 0 Å². The lowest BCUT2D eigenvalue weighted by Gasteiger charge is -2.08. The van der Waals surface area contributed by atoms with E-state index in [0.717, 1.165) is 0 Å². The highest BCUT2D eigenvalue weighted by Crippen LogP contribution is 2.15. The standard InChI is InChI=1S/C11H18.C2H6/c1-5-8-11(9-6-2)10(4)7-3;1-2/h5-6,8-10H,1,7H2,2-4H3;1-2H3/b9-6-,11-8+;. The predicted octanol–water partition coefficient (Wildman–Crippen LogP) is 4.75. The number of rotatable bonds is 4. The van der Waals surface area contributed by atoms with Crippen LogP contribution >= 0.6 is 0 Å². The SMILES string of the molecule is C=C/C=C(\C=C/C)C(C)CC.CC. The molecule has 0 radical (unpaired) electrons. The summed E-state index contributed by atoms with van der Waals surface area (Å²) in [5.74, 6) is 0.643. The summed E-state index contributed by atoms with van der Waals surface area (Å²) < 4.78 is 0. The van der Waals surface area contributed by atoms with E-state index in [9.17, 15) is 0 Å². The van der Waals surface area contributed by atoms with Crippen LogP contribution in [0.25, 0.3) is 0 Å². The summed E-state index contributed by atoms with van der Waals surface area (Å²) in [6, 6.07) is 0. The maximum atomic E-state index is 3.69. The Morgan fingerprint density at radius 1 is 1.38 bits per heavy atom. The van der Waals surface area contributed by atoms with Gasteiger partial charge in [-0.1, -0.05) is 58.6 Å². The molecule has 0 aromatic carbocycles. The Hall–Kier alpha value is -0.780. The second kappa shape index (κ2) is 11.2. The van der Waals surface area contributed by atoms with Crippen molar-refractivity contribution in [3.63, 3.8) is 0 Å². The van der Waals surface area contributed by atoms with Gasteiger partial charge in [0.1, 0.15) is 0 Å². The van der Waals surface area contributed by atoms with Crippen LogP contribution in [0.15, 0.2) is 36.5 Å². The van der Waals surface area contributed by atoms with Gasteiger partial charge in [-0.3, -0.25) is 0 Å². The molecule has 0 aliphatic heterocycles. The normalized spacial score (nSPS) is 13.5. The molecule has 0 bridgehead atoms. The molecule has 76 valence electrons. The largest absolute Gasteiger partial charge is 0.0991 e. The predicted molar refractivity (Wildman–Crippen MR) is 63.9 cm³/mol. The summed E-state index contributed by atoms with van der Waals surface area (Å²) in [5.41, 5.74) is 1.37. The number of hydrogen-bond acceptors (Lipinski definition) is 0. The van der Waals surface area contributed by atoms with Crippen LogP contribution in [0.1, 0.15) is 41.0 Å². The van der Waals surface area contributed by atoms with Gasteiger partial charge in [-0.05, 0) is 24.8 Å². The van der Waals surface area contributed by atoms with Crippen molar-refractivity contribution in [1.82, 2.24) is 0 Å². The fourth-order valence-corrected chi connectivity index (χ4v) is 0.948. The van der Waals surface area contributed by atoms with Crippen LogP contribution in [0.4, 0.5) is 0 Å². The molecule has 0 nitrogen and oxygen atoms in total. The zero-order valence-corrected chi connectivity index (χ0v) is 9.80. The maximum absolute atomic E-state index is 3.69. The van der Waals surface area contributed by atoms with E-state index in [4.69, 9.17) is 0 Å². The summed E-state index contributed by atoms with van der Waals surface area (Å²) in [6.07, 6.45) is 9.33. The second-order valence-corrected chi connectivity index (χ2v) is 2.71. The van der Waals surface area contributed by atoms with Gasteiger partial charge in [-0.25, -0.2) is 0 Å². The molecule has 0 fully saturated rings. The Kier molecular flexibility index (Phi) is 12.7. The van der Waals surface area contributed by atoms with Crippen LogP contribution in [-0.2, 0) is 0 Å². The van der Waals surface area contributed by atoms with Crippen molar-refractivity contribution >= 4 is 0 Å². The Balaban J connectivity index is 0. The molecule has 0 spiro atoms. The lowest BCUT2D eigenvalue weighted by molar-refractivity contribution is 0.670. The Labute approximate surface area is 84.1 Å². The molecule has 0 amide bonds. The Bertz CT molecular complexity index is 161. The van der Waals surface area contributed by atoms with Crippen LogP contribution in [-0.4, -0.2) is 0 Å². The third-order valence-electron chi connectivity index (χ3n) is 1.85. The quantitative estimate of drug-likeness (QED) is 0.548. The second-order valence-electron chi connectivity index (χ2n) is 2.71. The average Bonchev–Trinajstić information content (AvgIpc) is 2.19. The lowest BCUT2D eigenvalue weighted by Crippen LogP contribution is -1.93. The fourth-order valence-electron chi connectivity index (χ4n) is 0.948. The van der Waals surface area contributed by atoms with Crippen molar-refractivity contribution in [2.45, 2.75) is 41.0 Å². The molecular weight excluding hydrogens is 156 g/mol. The molecule has 1 atom stereocenters. The van der Waals surface area contributed by atoms with Crippen LogP contribution in [0.5, 0.6) is 0 Å². The third kappa shape index (κ3) is 7.58. The molecular formula is C13H24. The first-order valence-electron chi connectivity index (χ1n) is 5.21. The van der Waals surface area contributed by atoms with Gasteiger partial charge in [-0.2, -0.15) is 0 Å². The van der Waals surface area contributed by atoms with E-state index in [1.165, 1.54) is 12.0 Å². The van der Waals surface area contributed by atoms with Gasteiger partial charge >= 0.3 is 0 Å². The topological polar surface area (TPSA) is 0 Å². The van der Waals surface area contributed by atoms with Crippen LogP contribution in [0, 0.1) is 5.92 Å². The monoisotopic (exact) mass is 180 g/mol. The van der Waals surface area contributed by atoms with E-state index >= 15 is 0 Å². The van der Waals surface area contributed by atoms with Crippen LogP contribution in [0.2, 0.25) is 0 Å². The van der Waals surface area contributed by atoms with Gasteiger partial charge in [0.05, 0.1) is 0 Å². The molecule has 1 unspecified atom stereocenters. The maximum Gasteiger partial charge on any atom is -0.0193 e. The van der Waals surface area contributed by atoms with E-state index < -0.39 is 0 Å². The van der Waals surface area contributed by atoms with Gasteiger partial charge in [0.2, 0.25) is 0 Å². The molecule has 0 aliphatic carbocycles. The van der Waals surface area contributed by atoms with Crippen molar-refractivity contribution in [3.05, 3.63) is 36.5 Å². The van der Waals surface area contributed by atoms with E-state index in [1.807, 2.05) is 26.8 Å². The molecule has 0 saturated heterocycles. The molecule has 13 heavy (non-hydrogen) atoms. The van der Waals surface area contributed by atoms with Gasteiger partial charge < -0.3 is 0 Å². The highest BCUT2D eigenvalue weighted by molar-refractivity contribution is 5.24. The first-order valence-corrected chi connectivity index (χ1v) is 5.21. The molecule has 0 aromatic rings. The minimum Gasteiger partial charge on any atom is -0.0991 e. The summed E-state index contributed by atoms with van der Waals surface area (Å²) in [7, 11) is 0. The highest BCUT2D eigenvalue weighted by atomic mass is 14.1. The van der Waals surface area contributed by atoms with E-state index in [2.05, 4.69) is 38.7 Å². The fraction of sp³-hybridized carbons (Fsp3) is 0.538. The molecule has 0 N–H and O–H groups in total. The van der Waals surface area contributed by atoms with Crippen LogP contribution < -0.4 is 0 Å². The third-order valence-corrected chi connectivity index (χ3v) is 1.85. The zero-order chi connectivity index (χ0) is 10.7. The van der Waals surface area contributed by atoms with Gasteiger partial charge in [0, 0.05) is 0 Å². The average molecular weight is 180 g/mol. The Morgan fingerprint density at radius 3 is 2.23 bits per heavy atom. The Morgan fingerprint density at radius 2 is 1.92 bits per heavy atom. The molecule has 0 saturated carbocycles. The molecule has 0 heteroatoms. The van der Waals surface area contributed by atoms with Crippen molar-refractivity contribution in [1.29, 1.82) is 0 Å². The van der Waals surface area contributed by atoms with Gasteiger partial charge in [0.15, 0.2) is 0 Å². The molecule has 0 heterocycles.